The summed E-state index contributed by atoms with van der Waals surface area (Å²) in [6, 6.07) is 3.70. The number of rotatable bonds is 5. The zero-order valence-corrected chi connectivity index (χ0v) is 19.2. The number of aliphatic carboxylic acids is 1. The molecule has 1 aliphatic rings. The molecule has 3 heterocycles. The van der Waals surface area contributed by atoms with E-state index >= 15 is 0 Å². The fraction of sp³-hybridized carbons (Fsp3) is 0.545. The van der Waals surface area contributed by atoms with Gasteiger partial charge in [-0.1, -0.05) is 20.8 Å². The number of aromatic nitrogens is 2. The van der Waals surface area contributed by atoms with E-state index < -0.39 is 12.1 Å². The van der Waals surface area contributed by atoms with Gasteiger partial charge >= 0.3 is 12.1 Å². The Kier molecular flexibility index (Phi) is 9.02. The van der Waals surface area contributed by atoms with Gasteiger partial charge in [0.05, 0.1) is 12.8 Å². The highest BCUT2D eigenvalue weighted by Gasteiger charge is 2.38. The molecular formula is C22H29F3N4O5. The number of carboxylic acids is 1. The van der Waals surface area contributed by atoms with Crippen molar-refractivity contribution >= 4 is 17.7 Å². The number of aliphatic hydroxyl groups excluding tert-OH is 1. The zero-order valence-electron chi connectivity index (χ0n) is 19.2. The number of likely N-dealkylation sites (tertiary alicyclic amines) is 1. The smallest absolute Gasteiger partial charge is 0.475 e. The number of nitrogens with one attached hydrogen (secondary N) is 1. The Hall–Kier alpha value is -3.15. The Morgan fingerprint density at radius 1 is 1.24 bits per heavy atom. The highest BCUT2D eigenvalue weighted by molar-refractivity contribution is 5.98. The molecule has 0 atom stereocenters. The average molecular weight is 486 g/mol. The lowest BCUT2D eigenvalue weighted by atomic mass is 9.95. The van der Waals surface area contributed by atoms with Gasteiger partial charge < -0.3 is 24.8 Å². The number of carbonyl (C=O) groups excluding carboxylic acids is 1. The number of amides is 1. The molecule has 0 bridgehead atoms. The van der Waals surface area contributed by atoms with Crippen molar-refractivity contribution in [2.45, 2.75) is 51.7 Å². The van der Waals surface area contributed by atoms with Crippen LogP contribution in [0.25, 0.3) is 0 Å². The predicted molar refractivity (Wildman–Crippen MR) is 116 cm³/mol. The van der Waals surface area contributed by atoms with Crippen molar-refractivity contribution in [3.05, 3.63) is 41.7 Å². The fourth-order valence-electron chi connectivity index (χ4n) is 3.11. The average Bonchev–Trinajstić information content (AvgIpc) is 3.30. The van der Waals surface area contributed by atoms with Crippen LogP contribution in [-0.2, 0) is 16.8 Å². The maximum absolute atomic E-state index is 13.1. The third-order valence-electron chi connectivity index (χ3n) is 5.10. The van der Waals surface area contributed by atoms with Gasteiger partial charge in [0.2, 0.25) is 0 Å². The van der Waals surface area contributed by atoms with Crippen molar-refractivity contribution in [1.82, 2.24) is 14.9 Å². The molecule has 9 nitrogen and oxygen atoms in total. The number of carboxylic acid groups (broad SMARTS) is 1. The highest BCUT2D eigenvalue weighted by atomic mass is 19.4. The van der Waals surface area contributed by atoms with Gasteiger partial charge in [-0.3, -0.25) is 4.79 Å². The second kappa shape index (κ2) is 11.3. The van der Waals surface area contributed by atoms with Crippen molar-refractivity contribution in [2.24, 2.45) is 5.92 Å². The van der Waals surface area contributed by atoms with Crippen molar-refractivity contribution < 1.29 is 37.4 Å². The number of halogens is 3. The van der Waals surface area contributed by atoms with E-state index in [0.29, 0.717) is 36.8 Å². The second-order valence-corrected chi connectivity index (χ2v) is 8.86. The lowest BCUT2D eigenvalue weighted by Gasteiger charge is -2.31. The minimum Gasteiger partial charge on any atom is -0.475 e. The molecule has 34 heavy (non-hydrogen) atoms. The molecule has 0 radical (unpaired) electrons. The van der Waals surface area contributed by atoms with Crippen LogP contribution in [-0.4, -0.2) is 62.8 Å². The minimum atomic E-state index is -5.08. The first-order valence-corrected chi connectivity index (χ1v) is 10.7. The molecule has 3 N–H and O–H groups in total. The quantitative estimate of drug-likeness (QED) is 0.586. The van der Waals surface area contributed by atoms with Gasteiger partial charge in [0.25, 0.3) is 5.91 Å². The van der Waals surface area contributed by atoms with Crippen molar-refractivity contribution in [3.8, 4) is 0 Å². The number of piperidine rings is 1. The summed E-state index contributed by atoms with van der Waals surface area (Å²) in [5.74, 6) is -0.569. The van der Waals surface area contributed by atoms with Gasteiger partial charge in [-0.25, -0.2) is 14.8 Å². The van der Waals surface area contributed by atoms with Gasteiger partial charge in [0, 0.05) is 31.3 Å². The number of aliphatic hydroxyl groups is 1. The predicted octanol–water partition coefficient (Wildman–Crippen LogP) is 3.46. The lowest BCUT2D eigenvalue weighted by molar-refractivity contribution is -0.192. The van der Waals surface area contributed by atoms with Crippen LogP contribution in [0.3, 0.4) is 0 Å². The van der Waals surface area contributed by atoms with Crippen molar-refractivity contribution in [3.63, 3.8) is 0 Å². The molecule has 2 aromatic heterocycles. The van der Waals surface area contributed by atoms with Crippen LogP contribution in [0.15, 0.2) is 29.0 Å². The van der Waals surface area contributed by atoms with Gasteiger partial charge in [-0.15, -0.1) is 0 Å². The summed E-state index contributed by atoms with van der Waals surface area (Å²) >= 11 is 0. The molecule has 2 aromatic rings. The van der Waals surface area contributed by atoms with Gasteiger partial charge in [0.1, 0.15) is 23.0 Å². The molecule has 0 aliphatic carbocycles. The summed E-state index contributed by atoms with van der Waals surface area (Å²) in [6.45, 7) is 8.03. The Balaban J connectivity index is 0.000000509. The molecule has 188 valence electrons. The number of nitrogens with zero attached hydrogens (tertiary/aromatic N) is 3. The SMILES string of the molecule is CC(C)(C)c1ncc(C(=O)N2CCC(CO)CC2)c(NCc2ccco2)n1.O=C(O)C(F)(F)F. The van der Waals surface area contributed by atoms with Gasteiger partial charge in [-0.2, -0.15) is 13.2 Å². The molecule has 0 aromatic carbocycles. The zero-order chi connectivity index (χ0) is 25.5. The number of carbonyl (C=O) groups is 2. The molecule has 1 saturated heterocycles. The van der Waals surface area contributed by atoms with Crippen LogP contribution in [0.2, 0.25) is 0 Å². The first kappa shape index (κ1) is 27.1. The maximum atomic E-state index is 13.1. The van der Waals surface area contributed by atoms with E-state index in [1.165, 1.54) is 0 Å². The van der Waals surface area contributed by atoms with Crippen molar-refractivity contribution in [1.29, 1.82) is 0 Å². The van der Waals surface area contributed by atoms with E-state index in [2.05, 4.69) is 15.3 Å². The molecule has 12 heteroatoms. The highest BCUT2D eigenvalue weighted by Crippen LogP contribution is 2.25. The molecule has 0 unspecified atom stereocenters. The molecular weight excluding hydrogens is 457 g/mol. The van der Waals surface area contributed by atoms with E-state index in [1.807, 2.05) is 37.8 Å². The third kappa shape index (κ3) is 7.72. The number of alkyl halides is 3. The molecule has 0 saturated carbocycles. The fourth-order valence-corrected chi connectivity index (χ4v) is 3.11. The van der Waals surface area contributed by atoms with Gasteiger partial charge in [-0.05, 0) is 30.9 Å². The topological polar surface area (TPSA) is 129 Å². The maximum Gasteiger partial charge on any atom is 0.490 e. The molecule has 1 amide bonds. The van der Waals surface area contributed by atoms with E-state index in [9.17, 15) is 23.1 Å². The standard InChI is InChI=1S/C20H28N4O3.C2HF3O2/c1-20(2,3)19-22-12-16(17(23-19)21-11-15-5-4-10-27-15)18(26)24-8-6-14(13-25)7-9-24;3-2(4,5)1(6)7/h4-5,10,12,14,25H,6-9,11,13H2,1-3H3,(H,21,22,23);(H,6,7). The Morgan fingerprint density at radius 2 is 1.85 bits per heavy atom. The van der Waals surface area contributed by atoms with E-state index in [-0.39, 0.29) is 23.8 Å². The third-order valence-corrected chi connectivity index (χ3v) is 5.10. The van der Waals surface area contributed by atoms with Crippen molar-refractivity contribution in [2.75, 3.05) is 25.0 Å². The van der Waals surface area contributed by atoms with Gasteiger partial charge in [0.15, 0.2) is 0 Å². The summed E-state index contributed by atoms with van der Waals surface area (Å²) < 4.78 is 37.1. The Bertz CT molecular complexity index is 950. The number of hydrogen-bond donors (Lipinski definition) is 3. The Morgan fingerprint density at radius 3 is 2.32 bits per heavy atom. The lowest BCUT2D eigenvalue weighted by Crippen LogP contribution is -2.39. The Labute approximate surface area is 195 Å². The largest absolute Gasteiger partial charge is 0.490 e. The first-order valence-electron chi connectivity index (χ1n) is 10.7. The number of furan rings is 1. The first-order chi connectivity index (χ1) is 15.8. The van der Waals surface area contributed by atoms with Crippen LogP contribution in [0.4, 0.5) is 19.0 Å². The number of anilines is 1. The van der Waals surface area contributed by atoms with Crippen LogP contribution in [0, 0.1) is 5.92 Å². The molecule has 3 rings (SSSR count). The minimum absolute atomic E-state index is 0.0752. The van der Waals surface area contributed by atoms with Crippen LogP contribution in [0.1, 0.15) is 55.6 Å². The normalized spacial score (nSPS) is 14.9. The summed E-state index contributed by atoms with van der Waals surface area (Å²) in [5.41, 5.74) is 0.249. The summed E-state index contributed by atoms with van der Waals surface area (Å²) in [5, 5.41) is 19.7. The molecule has 0 spiro atoms. The van der Waals surface area contributed by atoms with Crippen LogP contribution >= 0.6 is 0 Å². The van der Waals surface area contributed by atoms with Crippen LogP contribution < -0.4 is 5.32 Å². The van der Waals surface area contributed by atoms with E-state index in [1.54, 1.807) is 12.5 Å². The van der Waals surface area contributed by atoms with Crippen LogP contribution in [0.5, 0.6) is 0 Å². The number of hydrogen-bond acceptors (Lipinski definition) is 7. The second-order valence-electron chi connectivity index (χ2n) is 8.86. The monoisotopic (exact) mass is 486 g/mol. The van der Waals surface area contributed by atoms with E-state index in [4.69, 9.17) is 14.3 Å². The molecule has 1 fully saturated rings. The molecule has 1 aliphatic heterocycles. The van der Waals surface area contributed by atoms with E-state index in [0.717, 1.165) is 18.6 Å². The summed E-state index contributed by atoms with van der Waals surface area (Å²) in [7, 11) is 0. The summed E-state index contributed by atoms with van der Waals surface area (Å²) in [4.78, 5) is 32.9. The summed E-state index contributed by atoms with van der Waals surface area (Å²) in [6.07, 6.45) is -0.204.